The predicted molar refractivity (Wildman–Crippen MR) is 121 cm³/mol. The molecule has 2 fully saturated rings. The van der Waals surface area contributed by atoms with Gasteiger partial charge in [0.05, 0.1) is 0 Å². The molecule has 2 aliphatic rings. The van der Waals surface area contributed by atoms with Crippen LogP contribution in [0.25, 0.3) is 10.1 Å². The van der Waals surface area contributed by atoms with Crippen molar-refractivity contribution in [2.24, 2.45) is 5.92 Å². The Balaban J connectivity index is 1.18. The number of pyridine rings is 1. The van der Waals surface area contributed by atoms with Crippen molar-refractivity contribution in [2.45, 2.75) is 38.1 Å². The van der Waals surface area contributed by atoms with Crippen molar-refractivity contribution in [3.63, 3.8) is 0 Å². The van der Waals surface area contributed by atoms with Crippen LogP contribution in [0.4, 0.5) is 10.6 Å². The number of nitrogens with zero attached hydrogens (tertiary/aromatic N) is 4. The van der Waals surface area contributed by atoms with Crippen molar-refractivity contribution in [3.05, 3.63) is 23.7 Å². The molecule has 158 valence electrons. The Kier molecular flexibility index (Phi) is 6.55. The van der Waals surface area contributed by atoms with Gasteiger partial charge in [0, 0.05) is 62.6 Å². The van der Waals surface area contributed by atoms with Gasteiger partial charge in [0.1, 0.15) is 5.82 Å². The van der Waals surface area contributed by atoms with Crippen LogP contribution < -0.4 is 10.2 Å². The van der Waals surface area contributed by atoms with Crippen molar-refractivity contribution < 1.29 is 4.79 Å². The Morgan fingerprint density at radius 3 is 2.66 bits per heavy atom. The maximum Gasteiger partial charge on any atom is 0.317 e. The molecular formula is C22H33N5OS. The van der Waals surface area contributed by atoms with E-state index in [0.717, 1.165) is 50.8 Å². The van der Waals surface area contributed by atoms with Crippen molar-refractivity contribution in [1.82, 2.24) is 20.1 Å². The zero-order chi connectivity index (χ0) is 20.2. The molecule has 2 amide bonds. The lowest BCUT2D eigenvalue weighted by Gasteiger charge is -2.37. The summed E-state index contributed by atoms with van der Waals surface area (Å²) in [6, 6.07) is 4.71. The highest BCUT2D eigenvalue weighted by molar-refractivity contribution is 7.17. The third-order valence-corrected chi connectivity index (χ3v) is 7.35. The zero-order valence-corrected chi connectivity index (χ0v) is 18.5. The largest absolute Gasteiger partial charge is 0.354 e. The van der Waals surface area contributed by atoms with Crippen molar-refractivity contribution in [3.8, 4) is 0 Å². The number of anilines is 1. The Labute approximate surface area is 177 Å². The molecule has 2 aromatic heterocycles. The second-order valence-electron chi connectivity index (χ2n) is 8.65. The van der Waals surface area contributed by atoms with E-state index in [-0.39, 0.29) is 6.03 Å². The van der Waals surface area contributed by atoms with Crippen LogP contribution in [0.3, 0.4) is 0 Å². The molecule has 0 aromatic carbocycles. The van der Waals surface area contributed by atoms with Gasteiger partial charge in [0.15, 0.2) is 0 Å². The molecule has 2 aromatic rings. The number of hydrogen-bond acceptors (Lipinski definition) is 5. The first-order chi connectivity index (χ1) is 14.1. The minimum Gasteiger partial charge on any atom is -0.354 e. The summed E-state index contributed by atoms with van der Waals surface area (Å²) < 4.78 is 1.33. The smallest absolute Gasteiger partial charge is 0.317 e. The molecule has 29 heavy (non-hydrogen) atoms. The van der Waals surface area contributed by atoms with E-state index in [9.17, 15) is 4.79 Å². The molecule has 0 spiro atoms. The van der Waals surface area contributed by atoms with Crippen LogP contribution in [0, 0.1) is 5.92 Å². The fourth-order valence-electron chi connectivity index (χ4n) is 4.58. The first-order valence-corrected chi connectivity index (χ1v) is 11.8. The van der Waals surface area contributed by atoms with Gasteiger partial charge >= 0.3 is 6.03 Å². The van der Waals surface area contributed by atoms with E-state index in [1.807, 2.05) is 6.20 Å². The van der Waals surface area contributed by atoms with Crippen LogP contribution in [0.15, 0.2) is 23.7 Å². The van der Waals surface area contributed by atoms with Crippen LogP contribution in [-0.4, -0.2) is 73.7 Å². The van der Waals surface area contributed by atoms with Gasteiger partial charge in [0.2, 0.25) is 0 Å². The summed E-state index contributed by atoms with van der Waals surface area (Å²) in [5.74, 6) is 1.96. The molecule has 1 saturated heterocycles. The second kappa shape index (κ2) is 9.30. The average molecular weight is 416 g/mol. The molecule has 1 saturated carbocycles. The normalized spacial score (nSPS) is 23.3. The van der Waals surface area contributed by atoms with Crippen LogP contribution in [-0.2, 0) is 0 Å². The third kappa shape index (κ3) is 5.01. The van der Waals surface area contributed by atoms with E-state index < -0.39 is 0 Å². The fourth-order valence-corrected chi connectivity index (χ4v) is 5.36. The standard InChI is InChI=1S/C22H33N5OS/c1-25(2)22(28)24-18-5-3-17(4-6-18)8-11-26-12-14-27(15-13-26)21-19-9-16-29-20(19)7-10-23-21/h7,9-10,16-18H,3-6,8,11-15H2,1-2H3,(H,24,28)/t17-,18-. The number of hydrogen-bond donors (Lipinski definition) is 1. The number of nitrogens with one attached hydrogen (secondary N) is 1. The molecule has 1 aliphatic heterocycles. The number of rotatable bonds is 5. The Morgan fingerprint density at radius 2 is 1.93 bits per heavy atom. The van der Waals surface area contributed by atoms with Gasteiger partial charge in [-0.2, -0.15) is 0 Å². The average Bonchev–Trinajstić information content (AvgIpc) is 3.22. The SMILES string of the molecule is CN(C)C(=O)N[C@H]1CC[C@H](CCN2CCN(c3nccc4sccc34)CC2)CC1. The first-order valence-electron chi connectivity index (χ1n) is 10.9. The summed E-state index contributed by atoms with van der Waals surface area (Å²) in [5.41, 5.74) is 0. The van der Waals surface area contributed by atoms with E-state index in [4.69, 9.17) is 0 Å². The summed E-state index contributed by atoms with van der Waals surface area (Å²) in [4.78, 5) is 23.2. The molecular weight excluding hydrogens is 382 g/mol. The molecule has 3 heterocycles. The molecule has 4 rings (SSSR count). The molecule has 6 nitrogen and oxygen atoms in total. The Morgan fingerprint density at radius 1 is 1.17 bits per heavy atom. The zero-order valence-electron chi connectivity index (χ0n) is 17.6. The number of carbonyl (C=O) groups is 1. The third-order valence-electron chi connectivity index (χ3n) is 6.46. The molecule has 0 atom stereocenters. The second-order valence-corrected chi connectivity index (χ2v) is 9.59. The molecule has 0 unspecified atom stereocenters. The summed E-state index contributed by atoms with van der Waals surface area (Å²) in [5, 5.41) is 6.60. The lowest BCUT2D eigenvalue weighted by Crippen LogP contribution is -2.47. The highest BCUT2D eigenvalue weighted by Crippen LogP contribution is 2.30. The van der Waals surface area contributed by atoms with Crippen molar-refractivity contribution in [1.29, 1.82) is 0 Å². The van der Waals surface area contributed by atoms with Crippen molar-refractivity contribution >= 4 is 33.3 Å². The minimum atomic E-state index is 0.0407. The lowest BCUT2D eigenvalue weighted by molar-refractivity contribution is 0.194. The summed E-state index contributed by atoms with van der Waals surface area (Å²) in [6.07, 6.45) is 7.94. The van der Waals surface area contributed by atoms with E-state index in [1.54, 1.807) is 30.3 Å². The number of carbonyl (C=O) groups excluding carboxylic acids is 1. The van der Waals surface area contributed by atoms with Crippen LogP contribution >= 0.6 is 11.3 Å². The number of urea groups is 1. The van der Waals surface area contributed by atoms with Gasteiger partial charge in [-0.15, -0.1) is 11.3 Å². The minimum absolute atomic E-state index is 0.0407. The molecule has 7 heteroatoms. The van der Waals surface area contributed by atoms with Gasteiger partial charge in [-0.3, -0.25) is 4.90 Å². The van der Waals surface area contributed by atoms with Gasteiger partial charge in [0.25, 0.3) is 0 Å². The monoisotopic (exact) mass is 415 g/mol. The molecule has 0 radical (unpaired) electrons. The number of aromatic nitrogens is 1. The Hall–Kier alpha value is -1.86. The number of thiophene rings is 1. The van der Waals surface area contributed by atoms with E-state index in [0.29, 0.717) is 6.04 Å². The topological polar surface area (TPSA) is 51.7 Å². The van der Waals surface area contributed by atoms with E-state index in [1.165, 1.54) is 35.9 Å². The van der Waals surface area contributed by atoms with Gasteiger partial charge in [-0.1, -0.05) is 0 Å². The molecule has 1 aliphatic carbocycles. The highest BCUT2D eigenvalue weighted by atomic mass is 32.1. The fraction of sp³-hybridized carbons (Fsp3) is 0.636. The van der Waals surface area contributed by atoms with E-state index >= 15 is 0 Å². The first kappa shape index (κ1) is 20.4. The Bertz CT molecular complexity index is 806. The molecule has 0 bridgehead atoms. The van der Waals surface area contributed by atoms with E-state index in [2.05, 4.69) is 37.6 Å². The van der Waals surface area contributed by atoms with Gasteiger partial charge < -0.3 is 15.1 Å². The quantitative estimate of drug-likeness (QED) is 0.810. The summed E-state index contributed by atoms with van der Waals surface area (Å²) in [7, 11) is 3.61. The number of piperazine rings is 1. The maximum atomic E-state index is 11.8. The summed E-state index contributed by atoms with van der Waals surface area (Å²) >= 11 is 1.79. The van der Waals surface area contributed by atoms with Gasteiger partial charge in [-0.25, -0.2) is 9.78 Å². The van der Waals surface area contributed by atoms with Crippen molar-refractivity contribution in [2.75, 3.05) is 51.7 Å². The number of fused-ring (bicyclic) bond motifs is 1. The predicted octanol–water partition coefficient (Wildman–Crippen LogP) is 3.64. The van der Waals surface area contributed by atoms with Crippen LogP contribution in [0.5, 0.6) is 0 Å². The number of amides is 2. The molecule has 1 N–H and O–H groups in total. The van der Waals surface area contributed by atoms with Crippen LogP contribution in [0.1, 0.15) is 32.1 Å². The van der Waals surface area contributed by atoms with Crippen LogP contribution in [0.2, 0.25) is 0 Å². The summed E-state index contributed by atoms with van der Waals surface area (Å²) in [6.45, 7) is 5.56. The lowest BCUT2D eigenvalue weighted by atomic mass is 9.84. The maximum absolute atomic E-state index is 11.8. The highest BCUT2D eigenvalue weighted by Gasteiger charge is 2.24. The van der Waals surface area contributed by atoms with Gasteiger partial charge in [-0.05, 0) is 62.1 Å².